The average Bonchev–Trinajstić information content (AvgIpc) is 1.62. The predicted molar refractivity (Wildman–Crippen MR) is 325 cm³/mol. The molecule has 4 saturated heterocycles. The van der Waals surface area contributed by atoms with Crippen molar-refractivity contribution in [2.24, 2.45) is 28.2 Å². The summed E-state index contributed by atoms with van der Waals surface area (Å²) in [6.45, 7) is 14.6. The van der Waals surface area contributed by atoms with Crippen molar-refractivity contribution in [2.45, 2.75) is 99.8 Å². The van der Waals surface area contributed by atoms with Gasteiger partial charge in [0.1, 0.15) is 11.1 Å². The molecule has 2 aromatic rings. The number of hydrogen-bond acceptors (Lipinski definition) is 18. The van der Waals surface area contributed by atoms with Gasteiger partial charge in [0, 0.05) is 115 Å². The molecule has 4 aliphatic heterocycles. The summed E-state index contributed by atoms with van der Waals surface area (Å²) >= 11 is 0. The van der Waals surface area contributed by atoms with Crippen molar-refractivity contribution in [3.63, 3.8) is 0 Å². The Kier molecular flexibility index (Phi) is 33.7. The first-order chi connectivity index (χ1) is 39.2. The minimum Gasteiger partial charge on any atom is -0.759 e. The molecule has 0 amide bonds. The zero-order chi connectivity index (χ0) is 61.4. The van der Waals surface area contributed by atoms with E-state index in [0.717, 1.165) is 174 Å². The first-order valence-electron chi connectivity index (χ1n) is 27.3. The number of carbonyl (C=O) groups excluding carboxylic acids is 2. The molecule has 6 fully saturated rings. The molecule has 2 N–H and O–H groups in total. The molecule has 6 aliphatic rings. The zero-order valence-corrected chi connectivity index (χ0v) is 57.2. The molecule has 2 aromatic heterocycles. The summed E-state index contributed by atoms with van der Waals surface area (Å²) in [5.74, 6) is -3.52. The number of sulfone groups is 2. The molecule has 30 nitrogen and oxygen atoms in total. The van der Waals surface area contributed by atoms with Gasteiger partial charge in [-0.05, 0) is 37.8 Å². The summed E-state index contributed by atoms with van der Waals surface area (Å²) in [6.07, 6.45) is 10.9. The molecule has 0 unspecified atom stereocenters. The molecule has 492 valence electrons. The van der Waals surface area contributed by atoms with Crippen molar-refractivity contribution in [1.29, 1.82) is 0 Å². The van der Waals surface area contributed by atoms with Gasteiger partial charge < -0.3 is 71.3 Å². The van der Waals surface area contributed by atoms with Crippen LogP contribution in [0.4, 0.5) is 0 Å². The third-order valence-corrected chi connectivity index (χ3v) is 18.5. The van der Waals surface area contributed by atoms with E-state index in [9.17, 15) is 55.8 Å². The van der Waals surface area contributed by atoms with Crippen molar-refractivity contribution in [3.8, 4) is 11.8 Å². The van der Waals surface area contributed by atoms with Gasteiger partial charge in [0.15, 0.2) is 9.81 Å². The van der Waals surface area contributed by atoms with Gasteiger partial charge in [-0.2, -0.15) is 105 Å². The van der Waals surface area contributed by atoms with E-state index in [1.165, 1.54) is 28.2 Å². The Balaban J connectivity index is -0.000000205. The Morgan fingerprint density at radius 2 is 0.659 bits per heavy atom. The Morgan fingerprint density at radius 1 is 0.435 bits per heavy atom. The van der Waals surface area contributed by atoms with Crippen LogP contribution in [0.2, 0.25) is 0 Å². The Morgan fingerprint density at radius 3 is 0.882 bits per heavy atom. The molecule has 0 bridgehead atoms. The molecule has 6 heterocycles. The zero-order valence-electron chi connectivity index (χ0n) is 48.8. The first kappa shape index (κ1) is 77.2. The maximum atomic E-state index is 12.9. The van der Waals surface area contributed by atoms with Crippen LogP contribution in [0.1, 0.15) is 112 Å². The Bertz CT molecular complexity index is 2890. The second-order valence-corrected chi connectivity index (χ2v) is 25.0. The Hall–Kier alpha value is -3.92. The maximum absolute atomic E-state index is 12.9. The summed E-state index contributed by atoms with van der Waals surface area (Å²) in [6, 6.07) is 0. The van der Waals surface area contributed by atoms with Gasteiger partial charge >= 0.3 is 23.3 Å². The maximum Gasteiger partial charge on any atom is 0.351 e. The quantitative estimate of drug-likeness (QED) is 0.135. The van der Waals surface area contributed by atoms with Crippen molar-refractivity contribution in [2.75, 3.05) is 105 Å². The third-order valence-electron chi connectivity index (χ3n) is 13.8. The molecule has 2 spiro atoms. The summed E-state index contributed by atoms with van der Waals surface area (Å²) in [5, 5.41) is 55.2. The van der Waals surface area contributed by atoms with Crippen LogP contribution in [0.3, 0.4) is 0 Å². The molecule has 0 atom stereocenters. The third kappa shape index (κ3) is 22.3. The second kappa shape index (κ2) is 37.2. The van der Waals surface area contributed by atoms with Gasteiger partial charge in [-0.25, -0.2) is 36.0 Å². The normalized spacial score (nSPS) is 22.2. The molecule has 2 saturated carbocycles. The predicted octanol–water partition coefficient (Wildman–Crippen LogP) is 4.70. The van der Waals surface area contributed by atoms with Crippen LogP contribution in [0, 0.1) is 0 Å². The van der Waals surface area contributed by atoms with Gasteiger partial charge in [0.2, 0.25) is 41.3 Å². The number of esters is 2. The van der Waals surface area contributed by atoms with E-state index in [2.05, 4.69) is 42.5 Å². The fourth-order valence-electron chi connectivity index (χ4n) is 9.23. The number of aromatic hydroxyl groups is 2. The molecule has 2 aliphatic carbocycles. The summed E-state index contributed by atoms with van der Waals surface area (Å²) in [4.78, 5) is 67.9. The van der Waals surface area contributed by atoms with Gasteiger partial charge in [-0.3, -0.25) is 36.3 Å². The number of rotatable bonds is 2. The van der Waals surface area contributed by atoms with E-state index in [-0.39, 0.29) is 76.1 Å². The van der Waals surface area contributed by atoms with Gasteiger partial charge in [-0.15, -0.1) is 0 Å². The van der Waals surface area contributed by atoms with E-state index in [4.69, 9.17) is 27.0 Å². The van der Waals surface area contributed by atoms with E-state index < -0.39 is 107 Å². The van der Waals surface area contributed by atoms with Crippen LogP contribution >= 0.6 is 0 Å². The van der Waals surface area contributed by atoms with E-state index in [1.807, 2.05) is 0 Å². The van der Waals surface area contributed by atoms with Gasteiger partial charge in [0.25, 0.3) is 11.1 Å². The Labute approximate surface area is 533 Å². The van der Waals surface area contributed by atoms with Crippen LogP contribution in [0.25, 0.3) is 54.7 Å². The number of nitrogens with zero attached hydrogens (tertiary/aromatic N) is 12. The van der Waals surface area contributed by atoms with Crippen LogP contribution in [0.15, 0.2) is 29.0 Å². The van der Waals surface area contributed by atoms with Crippen molar-refractivity contribution in [3.05, 3.63) is 105 Å². The second-order valence-electron chi connectivity index (χ2n) is 19.8. The van der Waals surface area contributed by atoms with Crippen LogP contribution < -0.4 is 22.5 Å². The van der Waals surface area contributed by atoms with Crippen molar-refractivity contribution >= 4 is 54.2 Å². The fourth-order valence-corrected chi connectivity index (χ4v) is 13.1. The van der Waals surface area contributed by atoms with Gasteiger partial charge in [-0.1, -0.05) is 38.5 Å². The first-order valence-corrected chi connectivity index (χ1v) is 31.6. The molecular formula is C50H92N12O18S3Zn2-10. The average molecular weight is 1380 g/mol. The molecule has 0 radical (unpaired) electrons. The molecule has 85 heavy (non-hydrogen) atoms. The largest absolute Gasteiger partial charge is 0.759 e. The minimum atomic E-state index is -5.17. The number of carbonyl (C=O) groups is 2. The van der Waals surface area contributed by atoms with Crippen LogP contribution in [0.5, 0.6) is 11.8 Å². The summed E-state index contributed by atoms with van der Waals surface area (Å²) in [5.41, 5.74) is -4.25. The molecule has 8 rings (SSSR count). The monoisotopic (exact) mass is 1370 g/mol. The number of ether oxygens (including phenoxy) is 2. The van der Waals surface area contributed by atoms with E-state index >= 15 is 0 Å². The molecular weight excluding hydrogens is 1280 g/mol. The molecule has 35 heteroatoms. The standard InChI is InChI=1S/2C15H18N2O7S.2C10H20N4.H2O4S.2Zn.8H2/c2*1-16-11(18)9(12(19)17(2)14(16)21)8-10-13(20)24-15(25(10,22)23)6-4-3-5-7-15;2*1-3-11-7-9-13-5-2-6-14-10-8-12-4-1;1-5(2,3)4;;;;;;;;;;/h2*8,18H,3-7H2,1-2H3;2*1-10H2;(H2,1,2,3,4);;;8*1H/q;;2*-4;;;;;;;;;;;/p-2/b2*10-8+;;;;;;;;;;;;;. The van der Waals surface area contributed by atoms with Crippen LogP contribution in [-0.4, -0.2) is 189 Å². The summed E-state index contributed by atoms with van der Waals surface area (Å²) in [7, 11) is -8.58. The van der Waals surface area contributed by atoms with Gasteiger partial charge in [0.05, 0.1) is 0 Å². The SMILES string of the molecule is C1C[N-]CC[N-]CCC[N-]CC[N-]C1.C1C[N-]CC[N-]CCC[N-]CC[N-]C1.Cn1c(O)c(/C=C2\C(=O)OC3(CCCCC3)S2(=O)=O)c(=O)n(C)c1=O.Cn1c(O)c(/C=C2\C(=O)OC3(CCCCC3)S2(=O)=O)c(=O)n(C)c1=O.O=S(=O)([O-])[O-].[HH].[HH].[HH].[HH].[HH].[HH].[HH].[HH].[Zn].[Zn]. The molecule has 0 aromatic carbocycles. The summed E-state index contributed by atoms with van der Waals surface area (Å²) < 4.78 is 99.0. The van der Waals surface area contributed by atoms with Crippen molar-refractivity contribution in [1.82, 2.24) is 18.3 Å². The van der Waals surface area contributed by atoms with Crippen molar-refractivity contribution < 1.29 is 114 Å². The fraction of sp³-hybridized carbons (Fsp3) is 0.720. The number of hydrogen-bond donors (Lipinski definition) is 2. The van der Waals surface area contributed by atoms with E-state index in [1.54, 1.807) is 0 Å². The minimum absolute atomic E-state index is 0. The number of aromatic nitrogens is 4. The topological polar surface area (TPSA) is 442 Å². The smallest absolute Gasteiger partial charge is 0.351 e. The van der Waals surface area contributed by atoms with E-state index in [0.29, 0.717) is 25.7 Å². The van der Waals surface area contributed by atoms with Crippen LogP contribution in [-0.2, 0) is 116 Å².